The van der Waals surface area contributed by atoms with E-state index in [0.717, 1.165) is 0 Å². The third kappa shape index (κ3) is 2.67. The molecule has 0 bridgehead atoms. The molecule has 1 amide bonds. The van der Waals surface area contributed by atoms with Crippen LogP contribution in [0.2, 0.25) is 0 Å². The number of halogens is 1. The van der Waals surface area contributed by atoms with Gasteiger partial charge in [-0.2, -0.15) is 0 Å². The maximum Gasteiger partial charge on any atom is 0.407 e. The van der Waals surface area contributed by atoms with E-state index < -0.39 is 12.1 Å². The normalized spacial score (nSPS) is 25.5. The molecule has 0 atom stereocenters. The number of ether oxygens (including phenoxy) is 2. The summed E-state index contributed by atoms with van der Waals surface area (Å²) in [6.45, 7) is 2.94. The number of carboxylic acid groups (broad SMARTS) is 1. The van der Waals surface area contributed by atoms with Crippen LogP contribution in [0.4, 0.5) is 4.79 Å². The third-order valence-electron chi connectivity index (χ3n) is 4.35. The number of amides is 1. The third-order valence-corrected chi connectivity index (χ3v) is 4.72. The second-order valence-electron chi connectivity index (χ2n) is 5.56. The van der Waals surface area contributed by atoms with Crippen LogP contribution in [0, 0.1) is 0 Å². The molecule has 8 heteroatoms. The van der Waals surface area contributed by atoms with Crippen molar-refractivity contribution in [2.75, 3.05) is 39.4 Å². The van der Waals surface area contributed by atoms with Gasteiger partial charge in [0, 0.05) is 26.2 Å². The SMILES string of the molecule is O=C1OCC(N2CCOC3(CCN(C(=O)O)CC3)C2)=C1Cl. The molecule has 3 rings (SSSR count). The number of hydrogen-bond donors (Lipinski definition) is 1. The zero-order valence-corrected chi connectivity index (χ0v) is 12.3. The molecule has 21 heavy (non-hydrogen) atoms. The lowest BCUT2D eigenvalue weighted by Gasteiger charge is -2.47. The van der Waals surface area contributed by atoms with Gasteiger partial charge in [0.2, 0.25) is 0 Å². The van der Waals surface area contributed by atoms with Gasteiger partial charge in [0.1, 0.15) is 11.6 Å². The van der Waals surface area contributed by atoms with Crippen molar-refractivity contribution in [3.05, 3.63) is 10.7 Å². The van der Waals surface area contributed by atoms with E-state index in [1.807, 2.05) is 4.90 Å². The molecular weight excluding hydrogens is 300 g/mol. The fraction of sp³-hybridized carbons (Fsp3) is 0.692. The maximum atomic E-state index is 11.4. The molecule has 1 N–H and O–H groups in total. The van der Waals surface area contributed by atoms with E-state index in [-0.39, 0.29) is 17.2 Å². The summed E-state index contributed by atoms with van der Waals surface area (Å²) in [6, 6.07) is 0. The van der Waals surface area contributed by atoms with Gasteiger partial charge in [0.25, 0.3) is 0 Å². The first-order chi connectivity index (χ1) is 10.0. The molecule has 0 aromatic heterocycles. The summed E-state index contributed by atoms with van der Waals surface area (Å²) in [6.07, 6.45) is 0.406. The summed E-state index contributed by atoms with van der Waals surface area (Å²) in [4.78, 5) is 25.8. The molecule has 0 unspecified atom stereocenters. The lowest BCUT2D eigenvalue weighted by molar-refractivity contribution is -0.136. The maximum absolute atomic E-state index is 11.4. The highest BCUT2D eigenvalue weighted by molar-refractivity contribution is 6.42. The largest absolute Gasteiger partial charge is 0.465 e. The number of nitrogens with zero attached hydrogens (tertiary/aromatic N) is 2. The zero-order valence-electron chi connectivity index (χ0n) is 11.5. The van der Waals surface area contributed by atoms with E-state index in [0.29, 0.717) is 51.3 Å². The van der Waals surface area contributed by atoms with E-state index >= 15 is 0 Å². The average molecular weight is 317 g/mol. The van der Waals surface area contributed by atoms with Gasteiger partial charge >= 0.3 is 12.1 Å². The van der Waals surface area contributed by atoms with Gasteiger partial charge in [0.05, 0.1) is 17.9 Å². The molecule has 1 spiro atoms. The van der Waals surface area contributed by atoms with Gasteiger partial charge < -0.3 is 24.4 Å². The Morgan fingerprint density at radius 1 is 1.29 bits per heavy atom. The molecule has 2 fully saturated rings. The van der Waals surface area contributed by atoms with E-state index in [9.17, 15) is 9.59 Å². The molecule has 3 aliphatic rings. The highest BCUT2D eigenvalue weighted by Crippen LogP contribution is 2.33. The van der Waals surface area contributed by atoms with E-state index in [1.54, 1.807) is 0 Å². The van der Waals surface area contributed by atoms with E-state index in [4.69, 9.17) is 26.2 Å². The molecule has 0 saturated carbocycles. The Bertz CT molecular complexity index is 499. The Hall–Kier alpha value is -1.47. The van der Waals surface area contributed by atoms with Crippen molar-refractivity contribution in [3.63, 3.8) is 0 Å². The van der Waals surface area contributed by atoms with E-state index in [1.165, 1.54) is 4.90 Å². The fourth-order valence-electron chi connectivity index (χ4n) is 3.09. The van der Waals surface area contributed by atoms with Gasteiger partial charge in [-0.05, 0) is 12.8 Å². The van der Waals surface area contributed by atoms with Crippen LogP contribution in [-0.2, 0) is 14.3 Å². The van der Waals surface area contributed by atoms with Crippen molar-refractivity contribution in [3.8, 4) is 0 Å². The Balaban J connectivity index is 1.69. The molecule has 7 nitrogen and oxygen atoms in total. The van der Waals surface area contributed by atoms with Crippen LogP contribution in [0.5, 0.6) is 0 Å². The molecule has 0 aromatic carbocycles. The number of carbonyl (C=O) groups is 2. The lowest BCUT2D eigenvalue weighted by atomic mass is 9.89. The number of esters is 1. The monoisotopic (exact) mass is 316 g/mol. The Morgan fingerprint density at radius 3 is 2.57 bits per heavy atom. The number of hydrogen-bond acceptors (Lipinski definition) is 5. The van der Waals surface area contributed by atoms with Crippen LogP contribution >= 0.6 is 11.6 Å². The van der Waals surface area contributed by atoms with E-state index in [2.05, 4.69) is 0 Å². The Morgan fingerprint density at radius 2 is 2.00 bits per heavy atom. The standard InChI is InChI=1S/C13H17ClN2O5/c14-10-9(7-20-11(10)17)16-5-6-21-13(8-16)1-3-15(4-2-13)12(18)19/h1-8H2,(H,18,19). The number of piperidine rings is 1. The summed E-state index contributed by atoms with van der Waals surface area (Å²) >= 11 is 5.99. The predicted octanol–water partition coefficient (Wildman–Crippen LogP) is 0.838. The quantitative estimate of drug-likeness (QED) is 0.722. The van der Waals surface area contributed by atoms with Crippen LogP contribution in [0.1, 0.15) is 12.8 Å². The minimum Gasteiger partial charge on any atom is -0.465 e. The highest BCUT2D eigenvalue weighted by Gasteiger charge is 2.42. The van der Waals surface area contributed by atoms with Gasteiger partial charge in [-0.1, -0.05) is 11.6 Å². The number of rotatable bonds is 1. The Labute approximate surface area is 127 Å². The first-order valence-corrected chi connectivity index (χ1v) is 7.31. The highest BCUT2D eigenvalue weighted by atomic mass is 35.5. The lowest BCUT2D eigenvalue weighted by Crippen LogP contribution is -2.57. The van der Waals surface area contributed by atoms with Gasteiger partial charge in [0.15, 0.2) is 0 Å². The summed E-state index contributed by atoms with van der Waals surface area (Å²) < 4.78 is 10.9. The van der Waals surface area contributed by atoms with Gasteiger partial charge in [-0.25, -0.2) is 9.59 Å². The summed E-state index contributed by atoms with van der Waals surface area (Å²) in [5.41, 5.74) is 0.352. The van der Waals surface area contributed by atoms with Crippen molar-refractivity contribution >= 4 is 23.7 Å². The first-order valence-electron chi connectivity index (χ1n) is 6.93. The number of cyclic esters (lactones) is 1. The van der Waals surface area contributed by atoms with Crippen LogP contribution in [0.15, 0.2) is 10.7 Å². The second kappa shape index (κ2) is 5.38. The molecule has 3 heterocycles. The summed E-state index contributed by atoms with van der Waals surface area (Å²) in [5, 5.41) is 9.16. The van der Waals surface area contributed by atoms with Crippen molar-refractivity contribution in [1.82, 2.24) is 9.80 Å². The minimum absolute atomic E-state index is 0.148. The minimum atomic E-state index is -0.891. The van der Waals surface area contributed by atoms with Crippen LogP contribution in [0.3, 0.4) is 0 Å². The van der Waals surface area contributed by atoms with Crippen LogP contribution in [-0.4, -0.2) is 72.0 Å². The predicted molar refractivity (Wildman–Crippen MR) is 72.9 cm³/mol. The topological polar surface area (TPSA) is 79.3 Å². The Kier molecular flexibility index (Phi) is 3.71. The fourth-order valence-corrected chi connectivity index (χ4v) is 3.32. The number of likely N-dealkylation sites (tertiary alicyclic amines) is 1. The van der Waals surface area contributed by atoms with Gasteiger partial charge in [-0.3, -0.25) is 0 Å². The summed E-state index contributed by atoms with van der Waals surface area (Å²) in [7, 11) is 0. The molecule has 0 aliphatic carbocycles. The first kappa shape index (κ1) is 14.5. The molecule has 2 saturated heterocycles. The molecule has 0 radical (unpaired) electrons. The second-order valence-corrected chi connectivity index (χ2v) is 5.94. The van der Waals surface area contributed by atoms with Gasteiger partial charge in [-0.15, -0.1) is 0 Å². The number of carbonyl (C=O) groups excluding carboxylic acids is 1. The zero-order chi connectivity index (χ0) is 15.0. The van der Waals surface area contributed by atoms with Crippen molar-refractivity contribution in [2.24, 2.45) is 0 Å². The van der Waals surface area contributed by atoms with Crippen LogP contribution in [0.25, 0.3) is 0 Å². The molecule has 116 valence electrons. The van der Waals surface area contributed by atoms with Crippen LogP contribution < -0.4 is 0 Å². The molecular formula is C13H17ClN2O5. The number of morpholine rings is 1. The summed E-state index contributed by atoms with van der Waals surface area (Å²) in [5.74, 6) is -0.479. The molecule has 0 aromatic rings. The molecule has 3 aliphatic heterocycles. The van der Waals surface area contributed by atoms with Crippen molar-refractivity contribution in [2.45, 2.75) is 18.4 Å². The van der Waals surface area contributed by atoms with Crippen molar-refractivity contribution in [1.29, 1.82) is 0 Å². The smallest absolute Gasteiger partial charge is 0.407 e. The van der Waals surface area contributed by atoms with Crippen molar-refractivity contribution < 1.29 is 24.2 Å². The average Bonchev–Trinajstić information content (AvgIpc) is 2.80.